The van der Waals surface area contributed by atoms with Crippen LogP contribution in [0.1, 0.15) is 22.0 Å². The zero-order chi connectivity index (χ0) is 16.4. The lowest BCUT2D eigenvalue weighted by atomic mass is 10.1. The number of rotatable bonds is 2. The minimum Gasteiger partial charge on any atom is -0.370 e. The highest BCUT2D eigenvalue weighted by Crippen LogP contribution is 2.25. The highest BCUT2D eigenvalue weighted by molar-refractivity contribution is 9.10. The molecule has 0 aromatic heterocycles. The van der Waals surface area contributed by atoms with Crippen LogP contribution in [0.5, 0.6) is 0 Å². The van der Waals surface area contributed by atoms with E-state index in [2.05, 4.69) is 31.9 Å². The van der Waals surface area contributed by atoms with Crippen LogP contribution in [0.4, 0.5) is 4.39 Å². The summed E-state index contributed by atoms with van der Waals surface area (Å²) < 4.78 is 21.4. The molecule has 6 heteroatoms. The van der Waals surface area contributed by atoms with Gasteiger partial charge in [0.15, 0.2) is 0 Å². The fourth-order valence-corrected chi connectivity index (χ4v) is 3.17. The SMILES string of the molecule is O=C(c1cc(Br)ccc1F)N1CCOC(c2ccc(Br)cc2)C1. The molecule has 3 rings (SSSR count). The van der Waals surface area contributed by atoms with Gasteiger partial charge in [0.25, 0.3) is 5.91 Å². The van der Waals surface area contributed by atoms with Crippen molar-refractivity contribution in [2.75, 3.05) is 19.7 Å². The Morgan fingerprint density at radius 3 is 2.57 bits per heavy atom. The monoisotopic (exact) mass is 441 g/mol. The van der Waals surface area contributed by atoms with E-state index in [1.807, 2.05) is 24.3 Å². The molecule has 2 aromatic rings. The Balaban J connectivity index is 1.79. The summed E-state index contributed by atoms with van der Waals surface area (Å²) in [5.74, 6) is -0.820. The van der Waals surface area contributed by atoms with Crippen molar-refractivity contribution >= 4 is 37.8 Å². The Kier molecular flexibility index (Phi) is 5.14. The third kappa shape index (κ3) is 3.82. The average molecular weight is 443 g/mol. The number of amides is 1. The molecule has 1 aliphatic rings. The number of nitrogens with zero attached hydrogens (tertiary/aromatic N) is 1. The second-order valence-electron chi connectivity index (χ2n) is 5.29. The van der Waals surface area contributed by atoms with Gasteiger partial charge in [-0.05, 0) is 35.9 Å². The molecular weight excluding hydrogens is 429 g/mol. The number of hydrogen-bond acceptors (Lipinski definition) is 2. The van der Waals surface area contributed by atoms with Crippen LogP contribution in [0.2, 0.25) is 0 Å². The van der Waals surface area contributed by atoms with Gasteiger partial charge in [-0.25, -0.2) is 4.39 Å². The molecule has 0 N–H and O–H groups in total. The van der Waals surface area contributed by atoms with E-state index < -0.39 is 5.82 Å². The normalized spacial score (nSPS) is 18.0. The smallest absolute Gasteiger partial charge is 0.257 e. The highest BCUT2D eigenvalue weighted by Gasteiger charge is 2.27. The minimum absolute atomic E-state index is 0.0795. The van der Waals surface area contributed by atoms with Crippen LogP contribution in [-0.4, -0.2) is 30.5 Å². The summed E-state index contributed by atoms with van der Waals surface area (Å²) in [7, 11) is 0. The second-order valence-corrected chi connectivity index (χ2v) is 7.12. The largest absolute Gasteiger partial charge is 0.370 e. The first-order chi connectivity index (χ1) is 11.0. The molecule has 1 fully saturated rings. The number of morpholine rings is 1. The first kappa shape index (κ1) is 16.6. The maximum Gasteiger partial charge on any atom is 0.257 e. The Bertz CT molecular complexity index is 721. The first-order valence-corrected chi connectivity index (χ1v) is 8.74. The lowest BCUT2D eigenvalue weighted by molar-refractivity contribution is -0.0229. The molecule has 3 nitrogen and oxygen atoms in total. The number of halogens is 3. The van der Waals surface area contributed by atoms with Gasteiger partial charge >= 0.3 is 0 Å². The number of ether oxygens (including phenoxy) is 1. The van der Waals surface area contributed by atoms with Gasteiger partial charge in [-0.2, -0.15) is 0 Å². The lowest BCUT2D eigenvalue weighted by Crippen LogP contribution is -2.42. The van der Waals surface area contributed by atoms with Crippen LogP contribution in [0, 0.1) is 5.82 Å². The first-order valence-electron chi connectivity index (χ1n) is 7.16. The van der Waals surface area contributed by atoms with Crippen molar-refractivity contribution < 1.29 is 13.9 Å². The zero-order valence-corrected chi connectivity index (χ0v) is 15.3. The summed E-state index contributed by atoms with van der Waals surface area (Å²) in [5.41, 5.74) is 1.08. The summed E-state index contributed by atoms with van der Waals surface area (Å²) in [6, 6.07) is 12.2. The van der Waals surface area contributed by atoms with Gasteiger partial charge in [-0.3, -0.25) is 4.79 Å². The topological polar surface area (TPSA) is 29.5 Å². The third-order valence-corrected chi connectivity index (χ3v) is 4.78. The van der Waals surface area contributed by atoms with E-state index in [4.69, 9.17) is 4.74 Å². The predicted molar refractivity (Wildman–Crippen MR) is 92.8 cm³/mol. The Morgan fingerprint density at radius 2 is 1.83 bits per heavy atom. The standard InChI is InChI=1S/C17H14Br2FNO2/c18-12-3-1-11(2-4-12)16-10-21(7-8-23-16)17(22)14-9-13(19)5-6-15(14)20/h1-6,9,16H,7-8,10H2. The fraction of sp³-hybridized carbons (Fsp3) is 0.235. The molecule has 1 amide bonds. The molecule has 0 spiro atoms. The lowest BCUT2D eigenvalue weighted by Gasteiger charge is -2.33. The maximum absolute atomic E-state index is 13.9. The van der Waals surface area contributed by atoms with Crippen molar-refractivity contribution in [3.63, 3.8) is 0 Å². The minimum atomic E-state index is -0.509. The van der Waals surface area contributed by atoms with Crippen LogP contribution in [0.25, 0.3) is 0 Å². The molecule has 0 aliphatic carbocycles. The quantitative estimate of drug-likeness (QED) is 0.682. The average Bonchev–Trinajstić information content (AvgIpc) is 2.57. The maximum atomic E-state index is 13.9. The van der Waals surface area contributed by atoms with Crippen LogP contribution < -0.4 is 0 Å². The van der Waals surface area contributed by atoms with E-state index in [1.165, 1.54) is 12.1 Å². The van der Waals surface area contributed by atoms with Gasteiger partial charge < -0.3 is 9.64 Å². The van der Waals surface area contributed by atoms with E-state index in [1.54, 1.807) is 11.0 Å². The van der Waals surface area contributed by atoms with Crippen molar-refractivity contribution in [2.24, 2.45) is 0 Å². The Hall–Kier alpha value is -1.24. The summed E-state index contributed by atoms with van der Waals surface area (Å²) in [5, 5.41) is 0. The fourth-order valence-electron chi connectivity index (χ4n) is 2.54. The van der Waals surface area contributed by atoms with Gasteiger partial charge in [-0.1, -0.05) is 44.0 Å². The van der Waals surface area contributed by atoms with E-state index >= 15 is 0 Å². The number of carbonyl (C=O) groups is 1. The molecule has 1 unspecified atom stereocenters. The number of carbonyl (C=O) groups excluding carboxylic acids is 1. The molecule has 1 atom stereocenters. The van der Waals surface area contributed by atoms with Crippen molar-refractivity contribution in [1.82, 2.24) is 4.90 Å². The number of benzene rings is 2. The molecule has 2 aromatic carbocycles. The molecule has 23 heavy (non-hydrogen) atoms. The van der Waals surface area contributed by atoms with Crippen LogP contribution in [-0.2, 0) is 4.74 Å². The van der Waals surface area contributed by atoms with Gasteiger partial charge in [0.2, 0.25) is 0 Å². The molecule has 120 valence electrons. The van der Waals surface area contributed by atoms with Crippen LogP contribution in [0.3, 0.4) is 0 Å². The zero-order valence-electron chi connectivity index (χ0n) is 12.1. The summed E-state index contributed by atoms with van der Waals surface area (Å²) in [4.78, 5) is 14.2. The van der Waals surface area contributed by atoms with Crippen molar-refractivity contribution in [2.45, 2.75) is 6.10 Å². The number of hydrogen-bond donors (Lipinski definition) is 0. The van der Waals surface area contributed by atoms with Gasteiger partial charge in [0.1, 0.15) is 11.9 Å². The molecule has 1 saturated heterocycles. The van der Waals surface area contributed by atoms with Gasteiger partial charge in [0, 0.05) is 15.5 Å². The van der Waals surface area contributed by atoms with Gasteiger partial charge in [-0.15, -0.1) is 0 Å². The van der Waals surface area contributed by atoms with Crippen LogP contribution in [0.15, 0.2) is 51.4 Å². The van der Waals surface area contributed by atoms with E-state index in [9.17, 15) is 9.18 Å². The Morgan fingerprint density at radius 1 is 1.13 bits per heavy atom. The van der Waals surface area contributed by atoms with E-state index in [0.717, 1.165) is 10.0 Å². The van der Waals surface area contributed by atoms with Gasteiger partial charge in [0.05, 0.1) is 18.7 Å². The second kappa shape index (κ2) is 7.11. The Labute approximate surface area is 150 Å². The van der Waals surface area contributed by atoms with Crippen molar-refractivity contribution in [1.29, 1.82) is 0 Å². The van der Waals surface area contributed by atoms with Crippen molar-refractivity contribution in [3.05, 3.63) is 68.4 Å². The summed E-state index contributed by atoms with van der Waals surface area (Å²) >= 11 is 6.68. The molecule has 0 radical (unpaired) electrons. The molecule has 1 aliphatic heterocycles. The summed E-state index contributed by atoms with van der Waals surface area (Å²) in [6.45, 7) is 1.30. The third-order valence-electron chi connectivity index (χ3n) is 3.75. The highest BCUT2D eigenvalue weighted by atomic mass is 79.9. The molecule has 0 saturated carbocycles. The predicted octanol–water partition coefficient (Wildman–Crippen LogP) is 4.56. The molecule has 0 bridgehead atoms. The van der Waals surface area contributed by atoms with E-state index in [-0.39, 0.29) is 17.6 Å². The summed E-state index contributed by atoms with van der Waals surface area (Å²) in [6.07, 6.45) is -0.198. The van der Waals surface area contributed by atoms with Crippen molar-refractivity contribution in [3.8, 4) is 0 Å². The van der Waals surface area contributed by atoms with E-state index in [0.29, 0.717) is 24.2 Å². The molecular formula is C17H14Br2FNO2. The van der Waals surface area contributed by atoms with Crippen LogP contribution >= 0.6 is 31.9 Å². The molecule has 1 heterocycles.